The number of amides is 1. The van der Waals surface area contributed by atoms with Crippen molar-refractivity contribution in [2.24, 2.45) is 0 Å². The highest BCUT2D eigenvalue weighted by molar-refractivity contribution is 7.91. The summed E-state index contributed by atoms with van der Waals surface area (Å²) in [5, 5.41) is 0.392. The zero-order valence-corrected chi connectivity index (χ0v) is 11.2. The molecule has 0 aliphatic carbocycles. The molecular formula is C11H13ClN2O3S. The lowest BCUT2D eigenvalue weighted by atomic mass is 10.1. The van der Waals surface area contributed by atoms with Gasteiger partial charge in [-0.1, -0.05) is 11.6 Å². The van der Waals surface area contributed by atoms with Crippen molar-refractivity contribution < 1.29 is 13.2 Å². The molecule has 7 heteroatoms. The number of hydrogen-bond acceptors (Lipinski definition) is 4. The topological polar surface area (TPSA) is 80.5 Å². The Balaban J connectivity index is 2.17. The Morgan fingerprint density at radius 2 is 1.83 bits per heavy atom. The number of carbonyl (C=O) groups excluding carboxylic acids is 1. The third-order valence-corrected chi connectivity index (χ3v) is 4.63. The number of rotatable bonds is 1. The normalized spacial score (nSPS) is 18.6. The number of carbonyl (C=O) groups is 1. The van der Waals surface area contributed by atoms with Gasteiger partial charge in [-0.2, -0.15) is 0 Å². The van der Waals surface area contributed by atoms with Gasteiger partial charge in [-0.25, -0.2) is 8.42 Å². The number of benzene rings is 1. The molecule has 0 radical (unpaired) electrons. The van der Waals surface area contributed by atoms with E-state index in [0.29, 0.717) is 16.3 Å². The molecule has 5 nitrogen and oxygen atoms in total. The van der Waals surface area contributed by atoms with Crippen LogP contribution in [0.1, 0.15) is 10.4 Å². The fourth-order valence-electron chi connectivity index (χ4n) is 1.83. The molecule has 1 fully saturated rings. The molecule has 1 aromatic rings. The van der Waals surface area contributed by atoms with Crippen LogP contribution >= 0.6 is 11.6 Å². The van der Waals surface area contributed by atoms with Crippen LogP contribution in [0.5, 0.6) is 0 Å². The molecule has 0 bridgehead atoms. The second-order valence-electron chi connectivity index (χ2n) is 4.22. The van der Waals surface area contributed by atoms with Crippen LogP contribution in [0.15, 0.2) is 18.2 Å². The molecule has 1 amide bonds. The highest BCUT2D eigenvalue weighted by Crippen LogP contribution is 2.18. The first-order valence-corrected chi connectivity index (χ1v) is 7.63. The van der Waals surface area contributed by atoms with E-state index in [1.54, 1.807) is 6.07 Å². The van der Waals surface area contributed by atoms with Crippen molar-refractivity contribution in [3.63, 3.8) is 0 Å². The Labute approximate surface area is 110 Å². The minimum absolute atomic E-state index is 0.00872. The molecule has 98 valence electrons. The van der Waals surface area contributed by atoms with Crippen molar-refractivity contribution >= 4 is 33.0 Å². The summed E-state index contributed by atoms with van der Waals surface area (Å²) >= 11 is 5.83. The fourth-order valence-corrected chi connectivity index (χ4v) is 3.28. The fraction of sp³-hybridized carbons (Fsp3) is 0.364. The van der Waals surface area contributed by atoms with Gasteiger partial charge in [0.25, 0.3) is 5.91 Å². The van der Waals surface area contributed by atoms with Crippen molar-refractivity contribution in [2.45, 2.75) is 0 Å². The molecule has 18 heavy (non-hydrogen) atoms. The summed E-state index contributed by atoms with van der Waals surface area (Å²) in [5.74, 6) is -0.220. The van der Waals surface area contributed by atoms with Crippen molar-refractivity contribution in [3.05, 3.63) is 28.8 Å². The van der Waals surface area contributed by atoms with E-state index in [-0.39, 0.29) is 30.5 Å². The minimum Gasteiger partial charge on any atom is -0.399 e. The molecule has 0 spiro atoms. The quantitative estimate of drug-likeness (QED) is 0.775. The molecule has 2 N–H and O–H groups in total. The average Bonchev–Trinajstić information content (AvgIpc) is 2.27. The summed E-state index contributed by atoms with van der Waals surface area (Å²) in [6.07, 6.45) is 0. The molecular weight excluding hydrogens is 276 g/mol. The Hall–Kier alpha value is -1.27. The van der Waals surface area contributed by atoms with Gasteiger partial charge >= 0.3 is 0 Å². The summed E-state index contributed by atoms with van der Waals surface area (Å²) < 4.78 is 22.6. The Morgan fingerprint density at radius 1 is 1.22 bits per heavy atom. The second-order valence-corrected chi connectivity index (χ2v) is 6.96. The second kappa shape index (κ2) is 4.78. The molecule has 0 unspecified atom stereocenters. The number of anilines is 1. The molecule has 0 aromatic heterocycles. The van der Waals surface area contributed by atoms with Gasteiger partial charge in [0.05, 0.1) is 11.5 Å². The van der Waals surface area contributed by atoms with Gasteiger partial charge in [0.2, 0.25) is 0 Å². The maximum atomic E-state index is 12.1. The van der Waals surface area contributed by atoms with E-state index in [9.17, 15) is 13.2 Å². The zero-order valence-electron chi connectivity index (χ0n) is 9.60. The van der Waals surface area contributed by atoms with Crippen LogP contribution in [0.25, 0.3) is 0 Å². The van der Waals surface area contributed by atoms with E-state index in [0.717, 1.165) is 0 Å². The standard InChI is InChI=1S/C11H13ClN2O3S/c12-9-5-8(6-10(13)7-9)11(15)14-1-3-18(16,17)4-2-14/h5-7H,1-4,13H2. The van der Waals surface area contributed by atoms with Gasteiger partial charge in [0.1, 0.15) is 0 Å². The smallest absolute Gasteiger partial charge is 0.254 e. The van der Waals surface area contributed by atoms with Crippen molar-refractivity contribution in [3.8, 4) is 0 Å². The number of nitrogens with zero attached hydrogens (tertiary/aromatic N) is 1. The van der Waals surface area contributed by atoms with E-state index >= 15 is 0 Å². The Kier molecular flexibility index (Phi) is 3.49. The largest absolute Gasteiger partial charge is 0.399 e. The predicted molar refractivity (Wildman–Crippen MR) is 70.4 cm³/mol. The average molecular weight is 289 g/mol. The first-order valence-electron chi connectivity index (χ1n) is 5.43. The third kappa shape index (κ3) is 2.94. The monoisotopic (exact) mass is 288 g/mol. The van der Waals surface area contributed by atoms with Crippen LogP contribution in [0.3, 0.4) is 0 Å². The molecule has 2 rings (SSSR count). The Morgan fingerprint density at radius 3 is 2.39 bits per heavy atom. The van der Waals surface area contributed by atoms with Gasteiger partial charge in [0.15, 0.2) is 9.84 Å². The molecule has 1 aliphatic rings. The number of nitrogens with two attached hydrogens (primary N) is 1. The molecule has 1 heterocycles. The van der Waals surface area contributed by atoms with E-state index in [2.05, 4.69) is 0 Å². The first kappa shape index (κ1) is 13.2. The summed E-state index contributed by atoms with van der Waals surface area (Å²) in [5.41, 5.74) is 6.42. The third-order valence-electron chi connectivity index (χ3n) is 2.80. The van der Waals surface area contributed by atoms with Gasteiger partial charge in [-0.3, -0.25) is 4.79 Å². The predicted octanol–water partition coefficient (Wildman–Crippen LogP) is 0.793. The van der Waals surface area contributed by atoms with Crippen LogP contribution in [0, 0.1) is 0 Å². The summed E-state index contributed by atoms with van der Waals surface area (Å²) in [6, 6.07) is 4.62. The zero-order chi connectivity index (χ0) is 13.3. The SMILES string of the molecule is Nc1cc(Cl)cc(C(=O)N2CCS(=O)(=O)CC2)c1. The van der Waals surface area contributed by atoms with Crippen LogP contribution in [0.4, 0.5) is 5.69 Å². The van der Waals surface area contributed by atoms with Crippen molar-refractivity contribution in [1.82, 2.24) is 4.90 Å². The van der Waals surface area contributed by atoms with Crippen molar-refractivity contribution in [2.75, 3.05) is 30.3 Å². The maximum absolute atomic E-state index is 12.1. The summed E-state index contributed by atoms with van der Waals surface area (Å²) in [4.78, 5) is 13.6. The van der Waals surface area contributed by atoms with Crippen LogP contribution in [-0.2, 0) is 9.84 Å². The summed E-state index contributed by atoms with van der Waals surface area (Å²) in [7, 11) is -2.99. The number of sulfone groups is 1. The Bertz CT molecular complexity index is 552. The van der Waals surface area contributed by atoms with Gasteiger partial charge in [0, 0.05) is 29.4 Å². The first-order chi connectivity index (χ1) is 8.37. The molecule has 1 aliphatic heterocycles. The lowest BCUT2D eigenvalue weighted by Gasteiger charge is -2.26. The number of hydrogen-bond donors (Lipinski definition) is 1. The van der Waals surface area contributed by atoms with Crippen LogP contribution in [0.2, 0.25) is 5.02 Å². The lowest BCUT2D eigenvalue weighted by Crippen LogP contribution is -2.43. The number of halogens is 1. The van der Waals surface area contributed by atoms with E-state index in [4.69, 9.17) is 17.3 Å². The van der Waals surface area contributed by atoms with Gasteiger partial charge in [-0.05, 0) is 18.2 Å². The van der Waals surface area contributed by atoms with Gasteiger partial charge < -0.3 is 10.6 Å². The highest BCUT2D eigenvalue weighted by Gasteiger charge is 2.25. The van der Waals surface area contributed by atoms with E-state index < -0.39 is 9.84 Å². The minimum atomic E-state index is -2.99. The van der Waals surface area contributed by atoms with Crippen molar-refractivity contribution in [1.29, 1.82) is 0 Å². The molecule has 1 saturated heterocycles. The van der Waals surface area contributed by atoms with Gasteiger partial charge in [-0.15, -0.1) is 0 Å². The molecule has 0 saturated carbocycles. The number of nitrogen functional groups attached to an aromatic ring is 1. The summed E-state index contributed by atoms with van der Waals surface area (Å²) in [6.45, 7) is 0.432. The highest BCUT2D eigenvalue weighted by atomic mass is 35.5. The molecule has 1 aromatic carbocycles. The lowest BCUT2D eigenvalue weighted by molar-refractivity contribution is 0.0770. The maximum Gasteiger partial charge on any atom is 0.254 e. The van der Waals surface area contributed by atoms with E-state index in [1.807, 2.05) is 0 Å². The van der Waals surface area contributed by atoms with Crippen LogP contribution < -0.4 is 5.73 Å². The molecule has 0 atom stereocenters. The van der Waals surface area contributed by atoms with E-state index in [1.165, 1.54) is 17.0 Å². The van der Waals surface area contributed by atoms with Crippen LogP contribution in [-0.4, -0.2) is 43.8 Å².